The SMILES string of the molecule is O=C(CC1C=Cc2cn3nncc3c2=C1)C1CCCCC1. The summed E-state index contributed by atoms with van der Waals surface area (Å²) in [6, 6.07) is 0. The van der Waals surface area contributed by atoms with E-state index >= 15 is 0 Å². The van der Waals surface area contributed by atoms with E-state index < -0.39 is 0 Å². The number of ketones is 1. The molecule has 0 aromatic carbocycles. The molecule has 2 aromatic rings. The summed E-state index contributed by atoms with van der Waals surface area (Å²) in [5.74, 6) is 0.963. The molecule has 1 fully saturated rings. The van der Waals surface area contributed by atoms with Crippen molar-refractivity contribution in [2.45, 2.75) is 38.5 Å². The van der Waals surface area contributed by atoms with Crippen molar-refractivity contribution in [1.82, 2.24) is 14.8 Å². The third-order valence-electron chi connectivity index (χ3n) is 4.82. The Morgan fingerprint density at radius 2 is 2.14 bits per heavy atom. The van der Waals surface area contributed by atoms with Crippen LogP contribution < -0.4 is 5.22 Å². The zero-order valence-corrected chi connectivity index (χ0v) is 12.0. The van der Waals surface area contributed by atoms with Gasteiger partial charge in [0, 0.05) is 35.2 Å². The first-order chi connectivity index (χ1) is 10.3. The van der Waals surface area contributed by atoms with Crippen LogP contribution in [0, 0.1) is 11.8 Å². The molecule has 2 heterocycles. The quantitative estimate of drug-likeness (QED) is 0.868. The number of rotatable bonds is 3. The molecular formula is C17H19N3O. The van der Waals surface area contributed by atoms with Crippen molar-refractivity contribution in [3.8, 4) is 0 Å². The molecule has 1 atom stereocenters. The standard InChI is InChI=1S/C17H19N3O/c21-17(13-4-2-1-3-5-13)9-12-6-7-14-11-20-16(10-18-19-20)15(14)8-12/h6-8,10-13H,1-5,9H2. The van der Waals surface area contributed by atoms with E-state index in [-0.39, 0.29) is 5.92 Å². The molecule has 4 rings (SSSR count). The van der Waals surface area contributed by atoms with Gasteiger partial charge in [-0.2, -0.15) is 0 Å². The second kappa shape index (κ2) is 5.10. The fourth-order valence-electron chi connectivity index (χ4n) is 3.64. The van der Waals surface area contributed by atoms with Gasteiger partial charge in [-0.3, -0.25) is 4.79 Å². The van der Waals surface area contributed by atoms with Crippen molar-refractivity contribution in [3.05, 3.63) is 29.3 Å². The second-order valence-electron chi connectivity index (χ2n) is 6.26. The molecule has 4 heteroatoms. The summed E-state index contributed by atoms with van der Waals surface area (Å²) in [7, 11) is 0. The maximum Gasteiger partial charge on any atom is 0.136 e. The van der Waals surface area contributed by atoms with Gasteiger partial charge in [-0.1, -0.05) is 42.7 Å². The van der Waals surface area contributed by atoms with E-state index in [0.717, 1.165) is 18.4 Å². The average molecular weight is 281 g/mol. The van der Waals surface area contributed by atoms with Crippen LogP contribution in [0.25, 0.3) is 17.7 Å². The smallest absolute Gasteiger partial charge is 0.136 e. The molecule has 0 aliphatic heterocycles. The lowest BCUT2D eigenvalue weighted by atomic mass is 9.82. The molecule has 108 valence electrons. The van der Waals surface area contributed by atoms with Crippen LogP contribution in [0.4, 0.5) is 0 Å². The molecule has 0 amide bonds. The Kier molecular flexibility index (Phi) is 3.09. The molecule has 2 aliphatic carbocycles. The zero-order chi connectivity index (χ0) is 14.2. The number of fused-ring (bicyclic) bond motifs is 3. The van der Waals surface area contributed by atoms with Gasteiger partial charge in [0.25, 0.3) is 0 Å². The minimum absolute atomic E-state index is 0.216. The normalized spacial score (nSPS) is 22.2. The van der Waals surface area contributed by atoms with Crippen molar-refractivity contribution in [3.63, 3.8) is 0 Å². The van der Waals surface area contributed by atoms with Gasteiger partial charge in [-0.25, -0.2) is 4.52 Å². The molecule has 2 aliphatic rings. The summed E-state index contributed by atoms with van der Waals surface area (Å²) >= 11 is 0. The van der Waals surface area contributed by atoms with Crippen LogP contribution >= 0.6 is 0 Å². The van der Waals surface area contributed by atoms with Crippen LogP contribution in [0.5, 0.6) is 0 Å². The average Bonchev–Trinajstić information content (AvgIpc) is 3.09. The Morgan fingerprint density at radius 1 is 1.29 bits per heavy atom. The number of hydrogen-bond donors (Lipinski definition) is 0. The molecule has 4 nitrogen and oxygen atoms in total. The summed E-state index contributed by atoms with van der Waals surface area (Å²) in [5, 5.41) is 9.13. The lowest BCUT2D eigenvalue weighted by Gasteiger charge is -2.21. The predicted octanol–water partition coefficient (Wildman–Crippen LogP) is 2.41. The van der Waals surface area contributed by atoms with E-state index in [1.807, 2.05) is 6.20 Å². The number of aromatic nitrogens is 3. The first kappa shape index (κ1) is 12.7. The summed E-state index contributed by atoms with van der Waals surface area (Å²) < 4.78 is 1.80. The molecule has 2 aromatic heterocycles. The first-order valence-corrected chi connectivity index (χ1v) is 7.87. The summed E-state index contributed by atoms with van der Waals surface area (Å²) in [4.78, 5) is 12.4. The fraction of sp³-hybridized carbons (Fsp3) is 0.471. The van der Waals surface area contributed by atoms with Gasteiger partial charge in [0.2, 0.25) is 0 Å². The second-order valence-corrected chi connectivity index (χ2v) is 6.26. The first-order valence-electron chi connectivity index (χ1n) is 7.87. The van der Waals surface area contributed by atoms with Crippen LogP contribution in [0.2, 0.25) is 0 Å². The molecule has 1 unspecified atom stereocenters. The topological polar surface area (TPSA) is 47.3 Å². The van der Waals surface area contributed by atoms with E-state index in [4.69, 9.17) is 0 Å². The highest BCUT2D eigenvalue weighted by Gasteiger charge is 2.23. The summed E-state index contributed by atoms with van der Waals surface area (Å²) in [5.41, 5.74) is 2.20. The summed E-state index contributed by atoms with van der Waals surface area (Å²) in [6.07, 6.45) is 16.8. The van der Waals surface area contributed by atoms with Crippen molar-refractivity contribution >= 4 is 23.5 Å². The van der Waals surface area contributed by atoms with Crippen molar-refractivity contribution in [2.24, 2.45) is 11.8 Å². The fourth-order valence-corrected chi connectivity index (χ4v) is 3.64. The molecular weight excluding hydrogens is 262 g/mol. The monoisotopic (exact) mass is 281 g/mol. The molecule has 0 bridgehead atoms. The highest BCUT2D eigenvalue weighted by Crippen LogP contribution is 2.27. The van der Waals surface area contributed by atoms with Crippen molar-refractivity contribution in [2.75, 3.05) is 0 Å². The van der Waals surface area contributed by atoms with Gasteiger partial charge < -0.3 is 0 Å². The lowest BCUT2D eigenvalue weighted by molar-refractivity contribution is -0.124. The van der Waals surface area contributed by atoms with Crippen LogP contribution in [0.15, 0.2) is 18.5 Å². The zero-order valence-electron chi connectivity index (χ0n) is 12.0. The summed E-state index contributed by atoms with van der Waals surface area (Å²) in [6.45, 7) is 0. The maximum atomic E-state index is 12.4. The minimum atomic E-state index is 0.216. The van der Waals surface area contributed by atoms with E-state index in [1.54, 1.807) is 10.7 Å². The molecule has 0 saturated heterocycles. The van der Waals surface area contributed by atoms with Gasteiger partial charge in [0.05, 0.1) is 11.7 Å². The number of hydrogen-bond acceptors (Lipinski definition) is 3. The van der Waals surface area contributed by atoms with E-state index in [9.17, 15) is 4.79 Å². The van der Waals surface area contributed by atoms with Crippen LogP contribution in [0.3, 0.4) is 0 Å². The van der Waals surface area contributed by atoms with E-state index in [1.165, 1.54) is 30.0 Å². The molecule has 1 saturated carbocycles. The Morgan fingerprint density at radius 3 is 3.00 bits per heavy atom. The molecule has 21 heavy (non-hydrogen) atoms. The molecule has 0 spiro atoms. The third-order valence-corrected chi connectivity index (χ3v) is 4.82. The number of Topliss-reactive ketones (excluding diaryl/α,β-unsaturated/α-hetero) is 1. The van der Waals surface area contributed by atoms with E-state index in [0.29, 0.717) is 18.1 Å². The highest BCUT2D eigenvalue weighted by atomic mass is 16.1. The third kappa shape index (κ3) is 2.28. The van der Waals surface area contributed by atoms with Gasteiger partial charge in [0.1, 0.15) is 5.78 Å². The van der Waals surface area contributed by atoms with Gasteiger partial charge in [0.15, 0.2) is 0 Å². The van der Waals surface area contributed by atoms with Crippen molar-refractivity contribution in [1.29, 1.82) is 0 Å². The minimum Gasteiger partial charge on any atom is -0.299 e. The number of carbonyl (C=O) groups excluding carboxylic acids is 1. The largest absolute Gasteiger partial charge is 0.299 e. The Bertz CT molecular complexity index is 752. The van der Waals surface area contributed by atoms with Gasteiger partial charge in [-0.05, 0) is 12.8 Å². The van der Waals surface area contributed by atoms with Crippen LogP contribution in [-0.2, 0) is 4.79 Å². The molecule has 0 radical (unpaired) electrons. The van der Waals surface area contributed by atoms with Gasteiger partial charge >= 0.3 is 0 Å². The maximum absolute atomic E-state index is 12.4. The van der Waals surface area contributed by atoms with Crippen molar-refractivity contribution < 1.29 is 4.79 Å². The number of nitrogens with zero attached hydrogens (tertiary/aromatic N) is 3. The van der Waals surface area contributed by atoms with Crippen LogP contribution in [-0.4, -0.2) is 20.6 Å². The highest BCUT2D eigenvalue weighted by molar-refractivity contribution is 5.83. The van der Waals surface area contributed by atoms with Gasteiger partial charge in [-0.15, -0.1) is 5.10 Å². The van der Waals surface area contributed by atoms with E-state index in [2.05, 4.69) is 28.5 Å². The Hall–Kier alpha value is -1.97. The number of carbonyl (C=O) groups is 1. The molecule has 0 N–H and O–H groups in total. The Balaban J connectivity index is 1.56. The van der Waals surface area contributed by atoms with Crippen LogP contribution in [0.1, 0.15) is 44.1 Å². The lowest BCUT2D eigenvalue weighted by Crippen LogP contribution is -2.21. The Labute approximate surface area is 123 Å². The number of allylic oxidation sites excluding steroid dienone is 1. The predicted molar refractivity (Wildman–Crippen MR) is 81.4 cm³/mol.